The molecule has 0 aromatic carbocycles. The maximum absolute atomic E-state index is 5.69. The van der Waals surface area contributed by atoms with Crippen LogP contribution in [0.2, 0.25) is 5.02 Å². The van der Waals surface area contributed by atoms with E-state index in [0.29, 0.717) is 16.9 Å². The van der Waals surface area contributed by atoms with Crippen LogP contribution in [0.4, 0.5) is 5.95 Å². The van der Waals surface area contributed by atoms with Crippen molar-refractivity contribution in [3.05, 3.63) is 34.0 Å². The lowest BCUT2D eigenvalue weighted by molar-refractivity contribution is 0.787. The predicted octanol–water partition coefficient (Wildman–Crippen LogP) is 2.80. The van der Waals surface area contributed by atoms with Gasteiger partial charge in [0.15, 0.2) is 0 Å². The fourth-order valence-electron chi connectivity index (χ4n) is 1.21. The lowest BCUT2D eigenvalue weighted by Crippen LogP contribution is -2.11. The largest absolute Gasteiger partial charge is 0.354 e. The van der Waals surface area contributed by atoms with Gasteiger partial charge < -0.3 is 5.32 Å². The molecule has 1 atom stereocenters. The van der Waals surface area contributed by atoms with Gasteiger partial charge in [0.25, 0.3) is 0 Å². The van der Waals surface area contributed by atoms with Gasteiger partial charge in [-0.2, -0.15) is 0 Å². The first-order chi connectivity index (χ1) is 7.75. The zero-order valence-corrected chi connectivity index (χ0v) is 10.3. The van der Waals surface area contributed by atoms with E-state index in [1.807, 2.05) is 11.6 Å². The molecule has 0 spiro atoms. The van der Waals surface area contributed by atoms with Gasteiger partial charge in [0, 0.05) is 24.0 Å². The van der Waals surface area contributed by atoms with Crippen molar-refractivity contribution in [2.24, 2.45) is 0 Å². The van der Waals surface area contributed by atoms with Crippen molar-refractivity contribution in [2.45, 2.75) is 12.8 Å². The number of anilines is 1. The molecule has 0 saturated carbocycles. The highest BCUT2D eigenvalue weighted by Gasteiger charge is 2.08. The second-order valence-corrected chi connectivity index (χ2v) is 4.74. The van der Waals surface area contributed by atoms with Gasteiger partial charge in [0.05, 0.1) is 22.4 Å². The summed E-state index contributed by atoms with van der Waals surface area (Å²) in [6, 6.07) is 0. The van der Waals surface area contributed by atoms with Crippen LogP contribution >= 0.6 is 22.9 Å². The molecule has 0 aliphatic rings. The zero-order valence-electron chi connectivity index (χ0n) is 8.72. The summed E-state index contributed by atoms with van der Waals surface area (Å²) in [7, 11) is 0. The number of rotatable bonds is 4. The van der Waals surface area contributed by atoms with Gasteiger partial charge >= 0.3 is 0 Å². The number of hydrogen-bond acceptors (Lipinski definition) is 5. The quantitative estimate of drug-likeness (QED) is 0.912. The number of aromatic nitrogens is 3. The van der Waals surface area contributed by atoms with Gasteiger partial charge in [-0.25, -0.2) is 15.0 Å². The Kier molecular flexibility index (Phi) is 3.69. The molecule has 2 aromatic rings. The van der Waals surface area contributed by atoms with Crippen molar-refractivity contribution in [1.29, 1.82) is 0 Å². The Bertz CT molecular complexity index is 429. The number of thiazole rings is 1. The molecule has 2 heterocycles. The SMILES string of the molecule is CC(CNc1ncc(Cl)cn1)c1nccs1. The molecule has 16 heavy (non-hydrogen) atoms. The molecular weight excluding hydrogens is 244 g/mol. The third kappa shape index (κ3) is 2.90. The highest BCUT2D eigenvalue weighted by molar-refractivity contribution is 7.09. The van der Waals surface area contributed by atoms with Crippen LogP contribution in [0, 0.1) is 0 Å². The van der Waals surface area contributed by atoms with Crippen molar-refractivity contribution in [3.8, 4) is 0 Å². The maximum Gasteiger partial charge on any atom is 0.222 e. The minimum Gasteiger partial charge on any atom is -0.354 e. The van der Waals surface area contributed by atoms with E-state index < -0.39 is 0 Å². The average molecular weight is 255 g/mol. The molecule has 0 aliphatic heterocycles. The molecule has 0 aliphatic carbocycles. The molecule has 0 amide bonds. The van der Waals surface area contributed by atoms with Crippen molar-refractivity contribution in [1.82, 2.24) is 15.0 Å². The van der Waals surface area contributed by atoms with Gasteiger partial charge in [0.2, 0.25) is 5.95 Å². The minimum absolute atomic E-state index is 0.347. The molecule has 4 nitrogen and oxygen atoms in total. The smallest absolute Gasteiger partial charge is 0.222 e. The van der Waals surface area contributed by atoms with Crippen LogP contribution in [-0.4, -0.2) is 21.5 Å². The lowest BCUT2D eigenvalue weighted by atomic mass is 10.2. The van der Waals surface area contributed by atoms with E-state index in [9.17, 15) is 0 Å². The van der Waals surface area contributed by atoms with E-state index in [1.165, 1.54) is 0 Å². The fourth-order valence-corrected chi connectivity index (χ4v) is 2.01. The fraction of sp³-hybridized carbons (Fsp3) is 0.300. The molecule has 0 bridgehead atoms. The van der Waals surface area contributed by atoms with E-state index in [0.717, 1.165) is 11.6 Å². The maximum atomic E-state index is 5.69. The summed E-state index contributed by atoms with van der Waals surface area (Å²) < 4.78 is 0. The Hall–Kier alpha value is -1.20. The van der Waals surface area contributed by atoms with E-state index in [-0.39, 0.29) is 0 Å². The van der Waals surface area contributed by atoms with Crippen molar-refractivity contribution in [2.75, 3.05) is 11.9 Å². The second-order valence-electron chi connectivity index (χ2n) is 3.38. The second kappa shape index (κ2) is 5.23. The first kappa shape index (κ1) is 11.3. The van der Waals surface area contributed by atoms with Crippen LogP contribution in [0.5, 0.6) is 0 Å². The minimum atomic E-state index is 0.347. The zero-order chi connectivity index (χ0) is 11.4. The highest BCUT2D eigenvalue weighted by Crippen LogP contribution is 2.17. The van der Waals surface area contributed by atoms with Gasteiger partial charge in [-0.15, -0.1) is 11.3 Å². The van der Waals surface area contributed by atoms with Gasteiger partial charge in [-0.1, -0.05) is 18.5 Å². The summed E-state index contributed by atoms with van der Waals surface area (Å²) in [6.07, 6.45) is 4.96. The lowest BCUT2D eigenvalue weighted by Gasteiger charge is -2.09. The first-order valence-electron chi connectivity index (χ1n) is 4.86. The molecule has 0 radical (unpaired) electrons. The van der Waals surface area contributed by atoms with Gasteiger partial charge in [0.1, 0.15) is 0 Å². The predicted molar refractivity (Wildman–Crippen MR) is 66.1 cm³/mol. The third-order valence-electron chi connectivity index (χ3n) is 2.06. The van der Waals surface area contributed by atoms with Crippen molar-refractivity contribution in [3.63, 3.8) is 0 Å². The normalized spacial score (nSPS) is 12.4. The molecule has 2 rings (SSSR count). The summed E-state index contributed by atoms with van der Waals surface area (Å²) >= 11 is 7.35. The molecule has 0 saturated heterocycles. The molecule has 6 heteroatoms. The summed E-state index contributed by atoms with van der Waals surface area (Å²) in [5.74, 6) is 0.937. The number of halogens is 1. The Balaban J connectivity index is 1.90. The van der Waals surface area contributed by atoms with Crippen LogP contribution < -0.4 is 5.32 Å². The summed E-state index contributed by atoms with van der Waals surface area (Å²) in [6.45, 7) is 2.87. The molecule has 84 valence electrons. The Morgan fingerprint density at radius 1 is 1.38 bits per heavy atom. The number of nitrogens with zero attached hydrogens (tertiary/aromatic N) is 3. The summed E-state index contributed by atoms with van der Waals surface area (Å²) in [4.78, 5) is 12.4. The third-order valence-corrected chi connectivity index (χ3v) is 3.26. The average Bonchev–Trinajstić information content (AvgIpc) is 2.81. The standard InChI is InChI=1S/C10H11ClN4S/c1-7(9-12-2-3-16-9)4-13-10-14-5-8(11)6-15-10/h2-3,5-7H,4H2,1H3,(H,13,14,15). The van der Waals surface area contributed by atoms with Crippen LogP contribution in [0.1, 0.15) is 17.8 Å². The highest BCUT2D eigenvalue weighted by atomic mass is 35.5. The first-order valence-corrected chi connectivity index (χ1v) is 6.12. The molecule has 1 unspecified atom stereocenters. The Labute approximate surface area is 103 Å². The van der Waals surface area contributed by atoms with Crippen molar-refractivity contribution < 1.29 is 0 Å². The molecule has 2 aromatic heterocycles. The van der Waals surface area contributed by atoms with Crippen molar-refractivity contribution >= 4 is 28.9 Å². The van der Waals surface area contributed by atoms with Gasteiger partial charge in [-0.3, -0.25) is 0 Å². The Morgan fingerprint density at radius 2 is 2.12 bits per heavy atom. The number of nitrogens with one attached hydrogen (secondary N) is 1. The van der Waals surface area contributed by atoms with E-state index in [2.05, 4.69) is 27.2 Å². The topological polar surface area (TPSA) is 50.7 Å². The van der Waals surface area contributed by atoms with E-state index in [4.69, 9.17) is 11.6 Å². The molecular formula is C10H11ClN4S. The summed E-state index contributed by atoms with van der Waals surface area (Å²) in [5, 5.41) is 6.78. The molecule has 0 fully saturated rings. The van der Waals surface area contributed by atoms with E-state index in [1.54, 1.807) is 23.7 Å². The van der Waals surface area contributed by atoms with Gasteiger partial charge in [-0.05, 0) is 0 Å². The monoisotopic (exact) mass is 254 g/mol. The summed E-state index contributed by atoms with van der Waals surface area (Å²) in [5.41, 5.74) is 0. The van der Waals surface area contributed by atoms with Crippen LogP contribution in [-0.2, 0) is 0 Å². The van der Waals surface area contributed by atoms with Crippen LogP contribution in [0.25, 0.3) is 0 Å². The molecule has 1 N–H and O–H groups in total. The van der Waals surface area contributed by atoms with Crippen LogP contribution in [0.3, 0.4) is 0 Å². The van der Waals surface area contributed by atoms with E-state index >= 15 is 0 Å². The van der Waals surface area contributed by atoms with Crippen LogP contribution in [0.15, 0.2) is 24.0 Å². The number of hydrogen-bond donors (Lipinski definition) is 1. The Morgan fingerprint density at radius 3 is 2.75 bits per heavy atom.